The van der Waals surface area contributed by atoms with Gasteiger partial charge in [-0.25, -0.2) is 14.4 Å². The van der Waals surface area contributed by atoms with Crippen molar-refractivity contribution < 1.29 is 13.6 Å². The van der Waals surface area contributed by atoms with E-state index >= 15 is 0 Å². The maximum atomic E-state index is 13.9. The molecule has 3 heterocycles. The lowest BCUT2D eigenvalue weighted by molar-refractivity contribution is 0.101. The predicted octanol–water partition coefficient (Wildman–Crippen LogP) is 3.54. The monoisotopic (exact) mass is 405 g/mol. The van der Waals surface area contributed by atoms with E-state index in [1.165, 1.54) is 18.0 Å². The first-order valence-corrected chi connectivity index (χ1v) is 9.93. The van der Waals surface area contributed by atoms with Gasteiger partial charge in [-0.1, -0.05) is 32.5 Å². The molecule has 2 aromatic heterocycles. The first-order valence-electron chi connectivity index (χ1n) is 8.94. The number of anilines is 1. The number of aryl methyl sites for hydroxylation is 1. The molecule has 3 rings (SSSR count). The summed E-state index contributed by atoms with van der Waals surface area (Å²) in [6.07, 6.45) is 2.00. The zero-order valence-corrected chi connectivity index (χ0v) is 17.2. The number of amidine groups is 1. The minimum Gasteiger partial charge on any atom is -0.445 e. The number of oxazole rings is 1. The molecule has 0 radical (unpaired) electrons. The van der Waals surface area contributed by atoms with Gasteiger partial charge < -0.3 is 15.5 Å². The Labute approximate surface area is 167 Å². The normalized spacial score (nSPS) is 20.0. The number of nitrogens with two attached hydrogens (primary N) is 1. The van der Waals surface area contributed by atoms with E-state index in [0.717, 1.165) is 0 Å². The van der Waals surface area contributed by atoms with Gasteiger partial charge in [-0.2, -0.15) is 0 Å². The number of aromatic nitrogens is 2. The number of hydrogen-bond donors (Lipinski definition) is 2. The molecule has 1 amide bonds. The summed E-state index contributed by atoms with van der Waals surface area (Å²) in [5.41, 5.74) is 5.47. The summed E-state index contributed by atoms with van der Waals surface area (Å²) in [6.45, 7) is 6.83. The molecule has 1 aliphatic rings. The highest BCUT2D eigenvalue weighted by Crippen LogP contribution is 2.36. The van der Waals surface area contributed by atoms with Gasteiger partial charge in [-0.05, 0) is 18.6 Å². The van der Waals surface area contributed by atoms with Crippen molar-refractivity contribution in [3.63, 3.8) is 0 Å². The number of carbonyl (C=O) groups is 1. The molecule has 0 aromatic carbocycles. The van der Waals surface area contributed by atoms with Crippen LogP contribution in [0.1, 0.15) is 55.0 Å². The van der Waals surface area contributed by atoms with Gasteiger partial charge in [-0.15, -0.1) is 0 Å². The number of aliphatic imine (C=N–C) groups is 1. The molecule has 0 aliphatic carbocycles. The molecule has 9 heteroatoms. The highest BCUT2D eigenvalue weighted by atomic mass is 32.2. The van der Waals surface area contributed by atoms with E-state index in [9.17, 15) is 9.18 Å². The number of nitrogens with one attached hydrogen (secondary N) is 1. The van der Waals surface area contributed by atoms with Gasteiger partial charge >= 0.3 is 0 Å². The lowest BCUT2D eigenvalue weighted by atomic mass is 9.91. The summed E-state index contributed by atoms with van der Waals surface area (Å²) in [6, 6.07) is 3.27. The third kappa shape index (κ3) is 4.04. The second-order valence-electron chi connectivity index (χ2n) is 7.76. The Balaban J connectivity index is 1.90. The van der Waals surface area contributed by atoms with Crippen molar-refractivity contribution in [3.8, 4) is 0 Å². The molecule has 2 aromatic rings. The maximum absolute atomic E-state index is 13.9. The van der Waals surface area contributed by atoms with Crippen LogP contribution in [-0.4, -0.2) is 33.5 Å². The van der Waals surface area contributed by atoms with Crippen LogP contribution in [0.2, 0.25) is 0 Å². The van der Waals surface area contributed by atoms with Crippen molar-refractivity contribution in [1.29, 1.82) is 0 Å². The number of carbonyl (C=O) groups excluding carboxylic acids is 1. The number of rotatable bonds is 4. The van der Waals surface area contributed by atoms with Crippen LogP contribution in [0.25, 0.3) is 0 Å². The molecule has 0 bridgehead atoms. The fourth-order valence-corrected chi connectivity index (χ4v) is 3.90. The predicted molar refractivity (Wildman–Crippen MR) is 108 cm³/mol. The first kappa shape index (κ1) is 20.3. The molecule has 1 atom stereocenters. The van der Waals surface area contributed by atoms with Crippen molar-refractivity contribution >= 4 is 28.5 Å². The average Bonchev–Trinajstić information content (AvgIpc) is 3.04. The van der Waals surface area contributed by atoms with Crippen LogP contribution in [-0.2, 0) is 11.0 Å². The largest absolute Gasteiger partial charge is 0.445 e. The van der Waals surface area contributed by atoms with Crippen molar-refractivity contribution in [1.82, 2.24) is 9.97 Å². The van der Waals surface area contributed by atoms with E-state index in [4.69, 9.17) is 10.2 Å². The van der Waals surface area contributed by atoms with Crippen LogP contribution in [0.3, 0.4) is 0 Å². The summed E-state index contributed by atoms with van der Waals surface area (Å²) in [4.78, 5) is 25.6. The van der Waals surface area contributed by atoms with Gasteiger partial charge in [0.1, 0.15) is 18.0 Å². The number of halogens is 1. The number of amides is 1. The van der Waals surface area contributed by atoms with Gasteiger partial charge in [0, 0.05) is 30.0 Å². The van der Waals surface area contributed by atoms with Crippen molar-refractivity contribution in [2.45, 2.75) is 45.1 Å². The molecule has 3 N–H and O–H groups in total. The zero-order valence-electron chi connectivity index (χ0n) is 16.4. The quantitative estimate of drug-likeness (QED) is 0.806. The van der Waals surface area contributed by atoms with E-state index < -0.39 is 18.1 Å². The first-order chi connectivity index (χ1) is 13.1. The van der Waals surface area contributed by atoms with Crippen LogP contribution in [0.15, 0.2) is 27.7 Å². The Morgan fingerprint density at radius 2 is 2.21 bits per heavy atom. The SMILES string of the molecule is Cc1nc(C(=O)Nc2ccnc([C@]3(CF)CCSC(N)=N3)c2)c(C(C)(C)C)o1. The average molecular weight is 405 g/mol. The van der Waals surface area contributed by atoms with Crippen LogP contribution in [0.5, 0.6) is 0 Å². The Hall–Kier alpha value is -2.42. The number of pyridine rings is 1. The van der Waals surface area contributed by atoms with Crippen LogP contribution in [0, 0.1) is 6.92 Å². The Kier molecular flexibility index (Phi) is 5.47. The van der Waals surface area contributed by atoms with E-state index in [-0.39, 0.29) is 11.1 Å². The molecule has 0 spiro atoms. The van der Waals surface area contributed by atoms with Crippen LogP contribution in [0.4, 0.5) is 10.1 Å². The fraction of sp³-hybridized carbons (Fsp3) is 0.474. The third-order valence-electron chi connectivity index (χ3n) is 4.44. The van der Waals surface area contributed by atoms with E-state index in [2.05, 4.69) is 20.3 Å². The van der Waals surface area contributed by atoms with Crippen LogP contribution >= 0.6 is 11.8 Å². The summed E-state index contributed by atoms with van der Waals surface area (Å²) in [7, 11) is 0. The Morgan fingerprint density at radius 1 is 1.46 bits per heavy atom. The number of nitrogens with zero attached hydrogens (tertiary/aromatic N) is 3. The summed E-state index contributed by atoms with van der Waals surface area (Å²) in [5, 5.41) is 3.15. The van der Waals surface area contributed by atoms with Crippen molar-refractivity contribution in [2.75, 3.05) is 17.7 Å². The van der Waals surface area contributed by atoms with Gasteiger partial charge in [-0.3, -0.25) is 9.78 Å². The highest BCUT2D eigenvalue weighted by molar-refractivity contribution is 8.13. The van der Waals surface area contributed by atoms with Crippen LogP contribution < -0.4 is 11.1 Å². The van der Waals surface area contributed by atoms with Crippen molar-refractivity contribution in [3.05, 3.63) is 41.4 Å². The molecule has 28 heavy (non-hydrogen) atoms. The van der Waals surface area contributed by atoms with Crippen molar-refractivity contribution in [2.24, 2.45) is 10.7 Å². The second kappa shape index (κ2) is 7.54. The lowest BCUT2D eigenvalue weighted by Crippen LogP contribution is -2.34. The number of thioether (sulfide) groups is 1. The maximum Gasteiger partial charge on any atom is 0.277 e. The summed E-state index contributed by atoms with van der Waals surface area (Å²) >= 11 is 1.39. The van der Waals surface area contributed by atoms with Gasteiger partial charge in [0.2, 0.25) is 0 Å². The molecular formula is C19H24FN5O2S. The van der Waals surface area contributed by atoms with E-state index in [1.807, 2.05) is 20.8 Å². The fourth-order valence-electron chi connectivity index (χ4n) is 3.02. The minimum absolute atomic E-state index is 0.236. The topological polar surface area (TPSA) is 106 Å². The number of alkyl halides is 1. The summed E-state index contributed by atoms with van der Waals surface area (Å²) < 4.78 is 19.6. The van der Waals surface area contributed by atoms with Gasteiger partial charge in [0.25, 0.3) is 5.91 Å². The van der Waals surface area contributed by atoms with E-state index in [0.29, 0.717) is 40.4 Å². The Morgan fingerprint density at radius 3 is 2.86 bits per heavy atom. The van der Waals surface area contributed by atoms with E-state index in [1.54, 1.807) is 19.1 Å². The van der Waals surface area contributed by atoms with Gasteiger partial charge in [0.05, 0.1) is 5.69 Å². The molecule has 0 saturated carbocycles. The summed E-state index contributed by atoms with van der Waals surface area (Å²) in [5.74, 6) is 1.20. The lowest BCUT2D eigenvalue weighted by Gasteiger charge is -2.30. The molecule has 0 fully saturated rings. The van der Waals surface area contributed by atoms with Gasteiger partial charge in [0.15, 0.2) is 16.8 Å². The standard InChI is InChI=1S/C19H24FN5O2S/c1-11-23-14(15(27-11)18(2,3)4)16(26)24-12-5-7-22-13(9-12)19(10-20)6-8-28-17(21)25-19/h5,7,9H,6,8,10H2,1-4H3,(H2,21,25)(H,22,24,26)/t19-/m1/s1. The molecular weight excluding hydrogens is 381 g/mol. The molecule has 1 aliphatic heterocycles. The third-order valence-corrected chi connectivity index (χ3v) is 5.23. The molecule has 7 nitrogen and oxygen atoms in total. The molecule has 0 saturated heterocycles. The smallest absolute Gasteiger partial charge is 0.277 e. The number of hydrogen-bond acceptors (Lipinski definition) is 7. The zero-order chi connectivity index (χ0) is 20.5. The second-order valence-corrected chi connectivity index (χ2v) is 8.87. The molecule has 150 valence electrons. The minimum atomic E-state index is -1.11. The highest BCUT2D eigenvalue weighted by Gasteiger charge is 2.36. The Bertz CT molecular complexity index is 921. The molecule has 0 unspecified atom stereocenters.